The van der Waals surface area contributed by atoms with E-state index in [0.29, 0.717) is 24.5 Å². The van der Waals surface area contributed by atoms with Crippen LogP contribution in [0.3, 0.4) is 0 Å². The topological polar surface area (TPSA) is 70.2 Å². The number of carbonyl (C=O) groups is 1. The summed E-state index contributed by atoms with van der Waals surface area (Å²) < 4.78 is 25.0. The summed E-state index contributed by atoms with van der Waals surface area (Å²) in [6.45, 7) is 0.934. The maximum absolute atomic E-state index is 12.6. The Bertz CT molecular complexity index is 1090. The van der Waals surface area contributed by atoms with Gasteiger partial charge in [-0.2, -0.15) is 0 Å². The van der Waals surface area contributed by atoms with E-state index in [9.17, 15) is 13.2 Å². The number of amides is 1. The van der Waals surface area contributed by atoms with Crippen LogP contribution in [0.25, 0.3) is 10.9 Å². The molecule has 0 saturated carbocycles. The van der Waals surface area contributed by atoms with E-state index >= 15 is 0 Å². The van der Waals surface area contributed by atoms with Crippen molar-refractivity contribution in [3.05, 3.63) is 64.8 Å². The number of rotatable bonds is 3. The molecule has 1 N–H and O–H groups in total. The van der Waals surface area contributed by atoms with E-state index in [1.165, 1.54) is 24.3 Å². The molecule has 3 aromatic rings. The van der Waals surface area contributed by atoms with Crippen molar-refractivity contribution in [3.8, 4) is 0 Å². The molecule has 5 nitrogen and oxygen atoms in total. The molecule has 1 aliphatic rings. The molecule has 1 aromatic heterocycles. The fraction of sp³-hybridized carbons (Fsp3) is 0.211. The Morgan fingerprint density at radius 3 is 2.62 bits per heavy atom. The van der Waals surface area contributed by atoms with Crippen molar-refractivity contribution < 1.29 is 13.2 Å². The normalized spacial score (nSPS) is 14.4. The molecule has 0 bridgehead atoms. The molecule has 134 valence electrons. The Kier molecular flexibility index (Phi) is 4.25. The number of nitrogens with zero attached hydrogens (tertiary/aromatic N) is 1. The van der Waals surface area contributed by atoms with Crippen LogP contribution in [0.5, 0.6) is 0 Å². The molecule has 0 fully saturated rings. The highest BCUT2D eigenvalue weighted by molar-refractivity contribution is 7.92. The van der Waals surface area contributed by atoms with Gasteiger partial charge in [-0.15, -0.1) is 0 Å². The van der Waals surface area contributed by atoms with Gasteiger partial charge in [0.15, 0.2) is 9.84 Å². The van der Waals surface area contributed by atoms with Gasteiger partial charge in [-0.1, -0.05) is 29.8 Å². The number of hydrogen-bond acceptors (Lipinski definition) is 3. The monoisotopic (exact) mass is 388 g/mol. The van der Waals surface area contributed by atoms with Crippen LogP contribution < -0.4 is 0 Å². The zero-order valence-electron chi connectivity index (χ0n) is 13.9. The van der Waals surface area contributed by atoms with Crippen molar-refractivity contribution in [1.29, 1.82) is 0 Å². The van der Waals surface area contributed by atoms with Gasteiger partial charge in [0.2, 0.25) is 5.91 Å². The maximum atomic E-state index is 12.6. The Hall–Kier alpha value is -2.31. The number of aromatic amines is 1. The lowest BCUT2D eigenvalue weighted by Crippen LogP contribution is -2.39. The van der Waals surface area contributed by atoms with Gasteiger partial charge in [-0.3, -0.25) is 4.79 Å². The number of para-hydroxylation sites is 1. The van der Waals surface area contributed by atoms with E-state index in [1.54, 1.807) is 4.90 Å². The number of benzene rings is 2. The number of aromatic nitrogens is 1. The molecule has 4 rings (SSSR count). The lowest BCUT2D eigenvalue weighted by molar-refractivity contribution is -0.129. The second-order valence-electron chi connectivity index (χ2n) is 6.41. The second kappa shape index (κ2) is 6.45. The second-order valence-corrected chi connectivity index (χ2v) is 8.83. The number of nitrogens with one attached hydrogen (secondary N) is 1. The summed E-state index contributed by atoms with van der Waals surface area (Å²) in [5.74, 6) is -0.914. The van der Waals surface area contributed by atoms with Gasteiger partial charge in [0, 0.05) is 46.7 Å². The number of fused-ring (bicyclic) bond motifs is 3. The highest BCUT2D eigenvalue weighted by Crippen LogP contribution is 2.28. The zero-order valence-corrected chi connectivity index (χ0v) is 15.5. The van der Waals surface area contributed by atoms with Gasteiger partial charge in [-0.25, -0.2) is 8.42 Å². The molecule has 0 radical (unpaired) electrons. The number of halogens is 1. The van der Waals surface area contributed by atoms with Crippen molar-refractivity contribution in [3.63, 3.8) is 0 Å². The van der Waals surface area contributed by atoms with Crippen molar-refractivity contribution >= 4 is 38.2 Å². The van der Waals surface area contributed by atoms with Gasteiger partial charge in [0.05, 0.1) is 4.90 Å². The summed E-state index contributed by atoms with van der Waals surface area (Å²) in [7, 11) is -3.69. The molecule has 26 heavy (non-hydrogen) atoms. The number of carbonyl (C=O) groups excluding carboxylic acids is 1. The number of hydrogen-bond donors (Lipinski definition) is 1. The molecular weight excluding hydrogens is 372 g/mol. The predicted octanol–water partition coefficient (Wildman–Crippen LogP) is 3.18. The molecule has 2 aromatic carbocycles. The molecule has 1 aliphatic heterocycles. The van der Waals surface area contributed by atoms with E-state index in [4.69, 9.17) is 11.6 Å². The van der Waals surface area contributed by atoms with Gasteiger partial charge < -0.3 is 9.88 Å². The van der Waals surface area contributed by atoms with E-state index < -0.39 is 15.6 Å². The Morgan fingerprint density at radius 2 is 1.85 bits per heavy atom. The van der Waals surface area contributed by atoms with Gasteiger partial charge >= 0.3 is 0 Å². The Balaban J connectivity index is 1.55. The third-order valence-corrected chi connectivity index (χ3v) is 6.59. The predicted molar refractivity (Wildman–Crippen MR) is 101 cm³/mol. The van der Waals surface area contributed by atoms with E-state index in [0.717, 1.165) is 22.2 Å². The minimum absolute atomic E-state index is 0.111. The fourth-order valence-corrected chi connectivity index (χ4v) is 4.71. The Morgan fingerprint density at radius 1 is 1.12 bits per heavy atom. The quantitative estimate of drug-likeness (QED) is 0.749. The number of H-pyrrole nitrogens is 1. The first-order valence-corrected chi connectivity index (χ1v) is 10.3. The minimum atomic E-state index is -3.69. The summed E-state index contributed by atoms with van der Waals surface area (Å²) in [4.78, 5) is 17.8. The summed E-state index contributed by atoms with van der Waals surface area (Å²) in [6.07, 6.45) is 0.691. The first kappa shape index (κ1) is 17.1. The third kappa shape index (κ3) is 3.10. The summed E-state index contributed by atoms with van der Waals surface area (Å²) >= 11 is 5.80. The molecular formula is C19H17ClN2O3S. The highest BCUT2D eigenvalue weighted by Gasteiger charge is 2.28. The molecule has 0 unspecified atom stereocenters. The molecule has 7 heteroatoms. The first-order chi connectivity index (χ1) is 12.4. The summed E-state index contributed by atoms with van der Waals surface area (Å²) in [6, 6.07) is 13.8. The van der Waals surface area contributed by atoms with Crippen molar-refractivity contribution in [2.24, 2.45) is 0 Å². The first-order valence-electron chi connectivity index (χ1n) is 8.28. The SMILES string of the molecule is O=C(CS(=O)(=O)c1ccc(Cl)cc1)N1CCc2[nH]c3ccccc3c2C1. The van der Waals surface area contributed by atoms with Gasteiger partial charge in [0.25, 0.3) is 0 Å². The summed E-state index contributed by atoms with van der Waals surface area (Å²) in [5, 5.41) is 1.54. The van der Waals surface area contributed by atoms with Crippen LogP contribution in [0, 0.1) is 0 Å². The average molecular weight is 389 g/mol. The van der Waals surface area contributed by atoms with Gasteiger partial charge in [0.1, 0.15) is 5.75 Å². The van der Waals surface area contributed by atoms with Crippen LogP contribution in [-0.2, 0) is 27.6 Å². The largest absolute Gasteiger partial charge is 0.358 e. The highest BCUT2D eigenvalue weighted by atomic mass is 35.5. The zero-order chi connectivity index (χ0) is 18.3. The van der Waals surface area contributed by atoms with Crippen LogP contribution >= 0.6 is 11.6 Å². The van der Waals surface area contributed by atoms with Gasteiger partial charge in [-0.05, 0) is 30.3 Å². The molecule has 1 amide bonds. The summed E-state index contributed by atoms with van der Waals surface area (Å²) in [5.41, 5.74) is 3.24. The Labute approximate surface area is 156 Å². The van der Waals surface area contributed by atoms with E-state index in [1.807, 2.05) is 24.3 Å². The molecule has 0 aliphatic carbocycles. The lowest BCUT2D eigenvalue weighted by Gasteiger charge is -2.27. The van der Waals surface area contributed by atoms with Crippen molar-refractivity contribution in [2.75, 3.05) is 12.3 Å². The van der Waals surface area contributed by atoms with Crippen molar-refractivity contribution in [2.45, 2.75) is 17.9 Å². The van der Waals surface area contributed by atoms with Crippen LogP contribution in [0.15, 0.2) is 53.4 Å². The minimum Gasteiger partial charge on any atom is -0.358 e. The van der Waals surface area contributed by atoms with Crippen LogP contribution in [0.4, 0.5) is 0 Å². The average Bonchev–Trinajstić information content (AvgIpc) is 2.99. The number of sulfone groups is 1. The molecule has 2 heterocycles. The van der Waals surface area contributed by atoms with Crippen LogP contribution in [-0.4, -0.2) is 36.5 Å². The fourth-order valence-electron chi connectivity index (χ4n) is 3.36. The van der Waals surface area contributed by atoms with E-state index in [-0.39, 0.29) is 10.8 Å². The van der Waals surface area contributed by atoms with Crippen LogP contribution in [0.1, 0.15) is 11.3 Å². The van der Waals surface area contributed by atoms with Crippen molar-refractivity contribution in [1.82, 2.24) is 9.88 Å². The van der Waals surface area contributed by atoms with E-state index in [2.05, 4.69) is 4.98 Å². The molecule has 0 saturated heterocycles. The molecule has 0 atom stereocenters. The lowest BCUT2D eigenvalue weighted by atomic mass is 10.0. The standard InChI is InChI=1S/C19H17ClN2O3S/c20-13-5-7-14(8-6-13)26(24,25)12-19(23)22-10-9-18-16(11-22)15-3-1-2-4-17(15)21-18/h1-8,21H,9-12H2. The maximum Gasteiger partial charge on any atom is 0.238 e. The molecule has 0 spiro atoms. The smallest absolute Gasteiger partial charge is 0.238 e. The van der Waals surface area contributed by atoms with Crippen LogP contribution in [0.2, 0.25) is 5.02 Å². The third-order valence-electron chi connectivity index (χ3n) is 4.72.